The van der Waals surface area contributed by atoms with Gasteiger partial charge < -0.3 is 15.3 Å². The topological polar surface area (TPSA) is 78.4 Å². The first-order valence-electron chi connectivity index (χ1n) is 6.65. The summed E-state index contributed by atoms with van der Waals surface area (Å²) in [6.45, 7) is 3.18. The van der Waals surface area contributed by atoms with Crippen molar-refractivity contribution in [3.8, 4) is 0 Å². The monoisotopic (exact) mass is 262 g/mol. The van der Waals surface area contributed by atoms with Crippen LogP contribution in [-0.2, 0) is 4.79 Å². The lowest BCUT2D eigenvalue weighted by atomic mass is 9.84. The van der Waals surface area contributed by atoms with Gasteiger partial charge in [-0.25, -0.2) is 9.97 Å². The highest BCUT2D eigenvalue weighted by Crippen LogP contribution is 2.37. The molecule has 2 N–H and O–H groups in total. The number of rotatable bonds is 3. The second kappa shape index (κ2) is 4.54. The van der Waals surface area contributed by atoms with Gasteiger partial charge in [-0.15, -0.1) is 0 Å². The number of nitrogens with zero attached hydrogens (tertiary/aromatic N) is 3. The lowest BCUT2D eigenvalue weighted by molar-refractivity contribution is -0.160. The number of amides is 1. The van der Waals surface area contributed by atoms with Gasteiger partial charge in [-0.1, -0.05) is 0 Å². The normalized spacial score (nSPS) is 29.4. The van der Waals surface area contributed by atoms with Crippen LogP contribution in [0.1, 0.15) is 31.6 Å². The minimum Gasteiger partial charge on any atom is -0.391 e. The van der Waals surface area contributed by atoms with Gasteiger partial charge in [-0.3, -0.25) is 4.79 Å². The van der Waals surface area contributed by atoms with E-state index in [0.717, 1.165) is 19.4 Å². The Hall–Kier alpha value is -1.53. The van der Waals surface area contributed by atoms with Gasteiger partial charge in [0.05, 0.1) is 6.10 Å². The zero-order valence-corrected chi connectivity index (χ0v) is 10.9. The number of nitrogens with one attached hydrogen (secondary N) is 1. The Balaban J connectivity index is 1.82. The van der Waals surface area contributed by atoms with Crippen LogP contribution in [0, 0.1) is 0 Å². The number of carbonyl (C=O) groups is 1. The fraction of sp³-hybridized carbons (Fsp3) is 0.615. The number of hydrogen-bond donors (Lipinski definition) is 2. The van der Waals surface area contributed by atoms with E-state index in [1.54, 1.807) is 30.3 Å². The van der Waals surface area contributed by atoms with Gasteiger partial charge >= 0.3 is 0 Å². The third kappa shape index (κ3) is 1.91. The number of aliphatic hydroxyl groups excluding tert-OH is 1. The fourth-order valence-electron chi connectivity index (χ4n) is 3.04. The quantitative estimate of drug-likeness (QED) is 0.742. The van der Waals surface area contributed by atoms with Gasteiger partial charge in [0.2, 0.25) is 5.91 Å². The van der Waals surface area contributed by atoms with Crippen LogP contribution >= 0.6 is 0 Å². The zero-order chi connectivity index (χ0) is 13.5. The summed E-state index contributed by atoms with van der Waals surface area (Å²) in [5.41, 5.74) is -0.387. The molecule has 2 fully saturated rings. The molecule has 0 saturated carbocycles. The van der Waals surface area contributed by atoms with Crippen molar-refractivity contribution < 1.29 is 9.90 Å². The van der Waals surface area contributed by atoms with Crippen LogP contribution < -0.4 is 5.32 Å². The second-order valence-corrected chi connectivity index (χ2v) is 5.34. The first-order chi connectivity index (χ1) is 9.14. The minimum atomic E-state index is -0.690. The molecule has 1 unspecified atom stereocenters. The Morgan fingerprint density at radius 1 is 1.47 bits per heavy atom. The van der Waals surface area contributed by atoms with Gasteiger partial charge in [0.1, 0.15) is 11.6 Å². The van der Waals surface area contributed by atoms with E-state index >= 15 is 0 Å². The summed E-state index contributed by atoms with van der Waals surface area (Å²) < 4.78 is 0. The standard InChI is InChI=1S/C13H18N4O2/c1-9(18)10(11-14-5-3-6-15-11)17-8-13(12(17)19)4-2-7-16-13/h3,5-6,9-10,16,18H,2,4,7-8H2,1H3/t9-,10+,13?/m1/s1. The van der Waals surface area contributed by atoms with Crippen molar-refractivity contribution in [1.82, 2.24) is 20.2 Å². The predicted molar refractivity (Wildman–Crippen MR) is 68.1 cm³/mol. The Labute approximate surface area is 111 Å². The van der Waals surface area contributed by atoms with Crippen molar-refractivity contribution in [2.45, 2.75) is 37.5 Å². The van der Waals surface area contributed by atoms with Crippen LogP contribution in [0.5, 0.6) is 0 Å². The first-order valence-corrected chi connectivity index (χ1v) is 6.65. The molecule has 2 saturated heterocycles. The number of carbonyl (C=O) groups excluding carboxylic acids is 1. The molecule has 6 heteroatoms. The van der Waals surface area contributed by atoms with Crippen molar-refractivity contribution in [3.63, 3.8) is 0 Å². The average molecular weight is 262 g/mol. The van der Waals surface area contributed by atoms with Crippen LogP contribution in [0.4, 0.5) is 0 Å². The number of aliphatic hydroxyl groups is 1. The van der Waals surface area contributed by atoms with Crippen LogP contribution in [0.25, 0.3) is 0 Å². The second-order valence-electron chi connectivity index (χ2n) is 5.34. The van der Waals surface area contributed by atoms with Crippen molar-refractivity contribution in [3.05, 3.63) is 24.3 Å². The third-order valence-corrected chi connectivity index (χ3v) is 4.00. The first kappa shape index (κ1) is 12.5. The van der Waals surface area contributed by atoms with E-state index in [4.69, 9.17) is 0 Å². The number of β-lactam (4-membered cyclic amide) rings is 1. The van der Waals surface area contributed by atoms with Crippen molar-refractivity contribution in [2.75, 3.05) is 13.1 Å². The molecule has 19 heavy (non-hydrogen) atoms. The highest BCUT2D eigenvalue weighted by molar-refractivity contribution is 5.93. The van der Waals surface area contributed by atoms with E-state index in [1.165, 1.54) is 0 Å². The molecule has 3 atom stereocenters. The van der Waals surface area contributed by atoms with Crippen molar-refractivity contribution in [2.24, 2.45) is 0 Å². The number of hydrogen-bond acceptors (Lipinski definition) is 5. The van der Waals surface area contributed by atoms with Gasteiger partial charge in [0, 0.05) is 18.9 Å². The summed E-state index contributed by atoms with van der Waals surface area (Å²) in [7, 11) is 0. The van der Waals surface area contributed by atoms with Gasteiger partial charge in [-0.05, 0) is 32.4 Å². The Bertz CT molecular complexity index is 471. The van der Waals surface area contributed by atoms with E-state index in [-0.39, 0.29) is 11.4 Å². The molecule has 2 aliphatic heterocycles. The Morgan fingerprint density at radius 3 is 2.74 bits per heavy atom. The highest BCUT2D eigenvalue weighted by Gasteiger charge is 2.56. The van der Waals surface area contributed by atoms with Crippen LogP contribution in [0.3, 0.4) is 0 Å². The molecule has 2 aliphatic rings. The summed E-state index contributed by atoms with van der Waals surface area (Å²) in [5, 5.41) is 13.2. The van der Waals surface area contributed by atoms with Crippen molar-refractivity contribution in [1.29, 1.82) is 0 Å². The molecular weight excluding hydrogens is 244 g/mol. The molecule has 0 aliphatic carbocycles. The summed E-state index contributed by atoms with van der Waals surface area (Å²) in [6.07, 6.45) is 4.48. The van der Waals surface area contributed by atoms with Crippen molar-refractivity contribution >= 4 is 5.91 Å². The Kier molecular flexibility index (Phi) is 2.99. The summed E-state index contributed by atoms with van der Waals surface area (Å²) in [4.78, 5) is 22.4. The number of likely N-dealkylation sites (tertiary alicyclic amines) is 1. The fourth-order valence-corrected chi connectivity index (χ4v) is 3.04. The molecule has 3 rings (SSSR count). The molecule has 6 nitrogen and oxygen atoms in total. The Morgan fingerprint density at radius 2 is 2.21 bits per heavy atom. The zero-order valence-electron chi connectivity index (χ0n) is 10.9. The third-order valence-electron chi connectivity index (χ3n) is 4.00. The molecule has 1 aromatic rings. The van der Waals surface area contributed by atoms with E-state index in [0.29, 0.717) is 12.4 Å². The summed E-state index contributed by atoms with van der Waals surface area (Å²) in [5.74, 6) is 0.557. The van der Waals surface area contributed by atoms with Gasteiger partial charge in [0.25, 0.3) is 0 Å². The van der Waals surface area contributed by atoms with E-state index in [9.17, 15) is 9.90 Å². The smallest absolute Gasteiger partial charge is 0.245 e. The van der Waals surface area contributed by atoms with Gasteiger partial charge in [-0.2, -0.15) is 0 Å². The SMILES string of the molecule is C[C@@H](O)[C@@H](c1ncccn1)N1CC2(CCCN2)C1=O. The van der Waals surface area contributed by atoms with E-state index in [1.807, 2.05) is 0 Å². The van der Waals surface area contributed by atoms with Crippen LogP contribution in [0.15, 0.2) is 18.5 Å². The number of aromatic nitrogens is 2. The molecule has 1 spiro atoms. The molecule has 0 bridgehead atoms. The predicted octanol–water partition coefficient (Wildman–Crippen LogP) is -0.137. The lowest BCUT2D eigenvalue weighted by Crippen LogP contribution is -2.72. The van der Waals surface area contributed by atoms with Crippen LogP contribution in [-0.4, -0.2) is 50.6 Å². The van der Waals surface area contributed by atoms with Crippen LogP contribution in [0.2, 0.25) is 0 Å². The average Bonchev–Trinajstić information content (AvgIpc) is 2.90. The molecular formula is C13H18N4O2. The largest absolute Gasteiger partial charge is 0.391 e. The summed E-state index contributed by atoms with van der Waals surface area (Å²) >= 11 is 0. The van der Waals surface area contributed by atoms with E-state index in [2.05, 4.69) is 15.3 Å². The molecule has 0 radical (unpaired) electrons. The molecule has 1 amide bonds. The lowest BCUT2D eigenvalue weighted by Gasteiger charge is -2.50. The maximum absolute atomic E-state index is 12.4. The minimum absolute atomic E-state index is 0.0587. The maximum Gasteiger partial charge on any atom is 0.245 e. The molecule has 102 valence electrons. The maximum atomic E-state index is 12.4. The molecule has 0 aromatic carbocycles. The highest BCUT2D eigenvalue weighted by atomic mass is 16.3. The van der Waals surface area contributed by atoms with E-state index < -0.39 is 12.1 Å². The van der Waals surface area contributed by atoms with Gasteiger partial charge in [0.15, 0.2) is 5.82 Å². The molecule has 3 heterocycles. The molecule has 1 aromatic heterocycles. The summed E-state index contributed by atoms with van der Waals surface area (Å²) in [6, 6.07) is 1.27.